The fourth-order valence-corrected chi connectivity index (χ4v) is 2.72. The fraction of sp³-hybridized carbons (Fsp3) is 0.400. The molecule has 21 heavy (non-hydrogen) atoms. The molecule has 6 nitrogen and oxygen atoms in total. The molecule has 0 fully saturated rings. The van der Waals surface area contributed by atoms with E-state index in [4.69, 9.17) is 0 Å². The Hall–Kier alpha value is -2.37. The van der Waals surface area contributed by atoms with Crippen LogP contribution >= 0.6 is 0 Å². The van der Waals surface area contributed by atoms with Gasteiger partial charge in [0, 0.05) is 24.6 Å². The lowest BCUT2D eigenvalue weighted by Gasteiger charge is -2.09. The number of aromatic nitrogens is 5. The van der Waals surface area contributed by atoms with Crippen molar-refractivity contribution in [1.82, 2.24) is 24.1 Å². The van der Waals surface area contributed by atoms with E-state index in [1.807, 2.05) is 28.4 Å². The molecule has 0 atom stereocenters. The van der Waals surface area contributed by atoms with Gasteiger partial charge in [-0.15, -0.1) is 0 Å². The van der Waals surface area contributed by atoms with Gasteiger partial charge in [-0.25, -0.2) is 14.6 Å². The molecule has 0 spiro atoms. The minimum Gasteiger partial charge on any atom is -0.369 e. The first-order valence-corrected chi connectivity index (χ1v) is 7.28. The van der Waals surface area contributed by atoms with E-state index < -0.39 is 0 Å². The zero-order valence-electron chi connectivity index (χ0n) is 12.9. The third-order valence-electron chi connectivity index (χ3n) is 3.71. The van der Waals surface area contributed by atoms with Gasteiger partial charge < -0.3 is 9.72 Å². The largest absolute Gasteiger partial charge is 0.369 e. The highest BCUT2D eigenvalue weighted by Gasteiger charge is 2.16. The first kappa shape index (κ1) is 13.6. The molecule has 0 saturated carbocycles. The van der Waals surface area contributed by atoms with E-state index >= 15 is 0 Å². The number of nitrogens with zero attached hydrogens (tertiary/aromatic N) is 5. The van der Waals surface area contributed by atoms with Crippen LogP contribution in [0, 0.1) is 13.8 Å². The number of rotatable bonds is 4. The number of nitrogens with one attached hydrogen (secondary N) is 1. The predicted molar refractivity (Wildman–Crippen MR) is 83.1 cm³/mol. The van der Waals surface area contributed by atoms with Gasteiger partial charge in [0.25, 0.3) is 0 Å². The molecule has 0 aliphatic carbocycles. The summed E-state index contributed by atoms with van der Waals surface area (Å²) in [5, 5.41) is 7.91. The van der Waals surface area contributed by atoms with Crippen LogP contribution in [0.4, 0.5) is 5.82 Å². The third-order valence-corrected chi connectivity index (χ3v) is 3.71. The molecule has 0 aromatic carbocycles. The van der Waals surface area contributed by atoms with Crippen LogP contribution in [-0.2, 0) is 6.42 Å². The van der Waals surface area contributed by atoms with Crippen LogP contribution in [0.25, 0.3) is 11.5 Å². The molecular formula is C15H20N6. The summed E-state index contributed by atoms with van der Waals surface area (Å²) >= 11 is 0. The Kier molecular flexibility index (Phi) is 3.37. The molecule has 0 aliphatic heterocycles. The van der Waals surface area contributed by atoms with E-state index in [0.29, 0.717) is 0 Å². The summed E-state index contributed by atoms with van der Waals surface area (Å²) in [5.74, 6) is 1.59. The fourth-order valence-electron chi connectivity index (χ4n) is 2.72. The van der Waals surface area contributed by atoms with Gasteiger partial charge in [0.05, 0.1) is 11.9 Å². The van der Waals surface area contributed by atoms with Crippen molar-refractivity contribution in [3.63, 3.8) is 0 Å². The summed E-state index contributed by atoms with van der Waals surface area (Å²) in [6.07, 6.45) is 6.62. The SMILES string of the molecule is CCNc1cn2ccnc2c(-n2nc(C)c(CC)c2C)n1. The number of fused-ring (bicyclic) bond motifs is 1. The predicted octanol–water partition coefficient (Wildman–Crippen LogP) is 2.53. The maximum Gasteiger partial charge on any atom is 0.199 e. The molecule has 3 aromatic rings. The second-order valence-corrected chi connectivity index (χ2v) is 5.05. The Morgan fingerprint density at radius 1 is 1.24 bits per heavy atom. The highest BCUT2D eigenvalue weighted by Crippen LogP contribution is 2.21. The summed E-state index contributed by atoms with van der Waals surface area (Å²) in [6.45, 7) is 9.15. The van der Waals surface area contributed by atoms with Crippen molar-refractivity contribution in [3.05, 3.63) is 35.5 Å². The normalized spacial score (nSPS) is 11.2. The minimum absolute atomic E-state index is 0.763. The van der Waals surface area contributed by atoms with Crippen LogP contribution < -0.4 is 5.32 Å². The van der Waals surface area contributed by atoms with Crippen molar-refractivity contribution >= 4 is 11.5 Å². The van der Waals surface area contributed by atoms with Crippen molar-refractivity contribution in [2.24, 2.45) is 0 Å². The average Bonchev–Trinajstić information content (AvgIpc) is 3.03. The summed E-state index contributed by atoms with van der Waals surface area (Å²) in [5.41, 5.74) is 4.26. The maximum absolute atomic E-state index is 4.69. The van der Waals surface area contributed by atoms with Crippen molar-refractivity contribution in [2.75, 3.05) is 11.9 Å². The second-order valence-electron chi connectivity index (χ2n) is 5.05. The lowest BCUT2D eigenvalue weighted by molar-refractivity contribution is 0.802. The van der Waals surface area contributed by atoms with Gasteiger partial charge in [0.1, 0.15) is 5.82 Å². The first-order valence-electron chi connectivity index (χ1n) is 7.28. The molecular weight excluding hydrogens is 264 g/mol. The van der Waals surface area contributed by atoms with E-state index in [1.54, 1.807) is 6.20 Å². The van der Waals surface area contributed by atoms with Crippen molar-refractivity contribution in [2.45, 2.75) is 34.1 Å². The van der Waals surface area contributed by atoms with Crippen molar-refractivity contribution in [3.8, 4) is 5.82 Å². The molecule has 0 aliphatic rings. The topological polar surface area (TPSA) is 60.0 Å². The monoisotopic (exact) mass is 284 g/mol. The standard InChI is InChI=1S/C15H20N6/c1-5-12-10(3)19-21(11(12)4)15-14-17-7-8-20(14)9-13(18-15)16-6-2/h7-9,16H,5-6H2,1-4H3. The van der Waals surface area contributed by atoms with Gasteiger partial charge in [0.15, 0.2) is 11.5 Å². The van der Waals surface area contributed by atoms with E-state index in [2.05, 4.69) is 41.2 Å². The second kappa shape index (κ2) is 5.20. The molecule has 0 bridgehead atoms. The Bertz CT molecular complexity index is 783. The quantitative estimate of drug-likeness (QED) is 0.799. The van der Waals surface area contributed by atoms with Crippen molar-refractivity contribution < 1.29 is 0 Å². The summed E-state index contributed by atoms with van der Waals surface area (Å²) < 4.78 is 3.87. The van der Waals surface area contributed by atoms with Crippen LogP contribution in [-0.4, -0.2) is 30.7 Å². The van der Waals surface area contributed by atoms with Gasteiger partial charge in [-0.05, 0) is 32.8 Å². The Morgan fingerprint density at radius 3 is 2.71 bits per heavy atom. The smallest absolute Gasteiger partial charge is 0.199 e. The minimum atomic E-state index is 0.763. The van der Waals surface area contributed by atoms with E-state index in [-0.39, 0.29) is 0 Å². The van der Waals surface area contributed by atoms with Crippen molar-refractivity contribution in [1.29, 1.82) is 0 Å². The zero-order valence-corrected chi connectivity index (χ0v) is 12.9. The Labute approximate surface area is 123 Å². The zero-order chi connectivity index (χ0) is 15.0. The lowest BCUT2D eigenvalue weighted by Crippen LogP contribution is -2.09. The molecule has 3 aromatic heterocycles. The number of imidazole rings is 1. The number of hydrogen-bond donors (Lipinski definition) is 1. The van der Waals surface area contributed by atoms with Gasteiger partial charge in [-0.3, -0.25) is 0 Å². The number of aryl methyl sites for hydroxylation is 1. The van der Waals surface area contributed by atoms with Gasteiger partial charge in [0.2, 0.25) is 0 Å². The first-order chi connectivity index (χ1) is 10.2. The van der Waals surface area contributed by atoms with Crippen LogP contribution in [0.15, 0.2) is 18.6 Å². The molecule has 0 radical (unpaired) electrons. The maximum atomic E-state index is 4.69. The summed E-state index contributed by atoms with van der Waals surface area (Å²) in [4.78, 5) is 9.10. The van der Waals surface area contributed by atoms with Gasteiger partial charge in [-0.2, -0.15) is 5.10 Å². The lowest BCUT2D eigenvalue weighted by atomic mass is 10.1. The van der Waals surface area contributed by atoms with Crippen LogP contribution in [0.3, 0.4) is 0 Å². The average molecular weight is 284 g/mol. The highest BCUT2D eigenvalue weighted by atomic mass is 15.3. The molecule has 3 heterocycles. The molecule has 0 saturated heterocycles. The number of anilines is 1. The summed E-state index contributed by atoms with van der Waals surface area (Å²) in [6, 6.07) is 0. The van der Waals surface area contributed by atoms with E-state index in [9.17, 15) is 0 Å². The van der Waals surface area contributed by atoms with Crippen LogP contribution in [0.2, 0.25) is 0 Å². The van der Waals surface area contributed by atoms with Gasteiger partial charge in [-0.1, -0.05) is 6.92 Å². The Balaban J connectivity index is 2.25. The van der Waals surface area contributed by atoms with Crippen LogP contribution in [0.5, 0.6) is 0 Å². The highest BCUT2D eigenvalue weighted by molar-refractivity contribution is 5.58. The molecule has 3 rings (SSSR count). The molecule has 110 valence electrons. The number of hydrogen-bond acceptors (Lipinski definition) is 4. The van der Waals surface area contributed by atoms with E-state index in [1.165, 1.54) is 5.56 Å². The van der Waals surface area contributed by atoms with Crippen LogP contribution in [0.1, 0.15) is 30.8 Å². The molecule has 6 heteroatoms. The van der Waals surface area contributed by atoms with Gasteiger partial charge >= 0.3 is 0 Å². The third kappa shape index (κ3) is 2.16. The molecule has 0 unspecified atom stereocenters. The van der Waals surface area contributed by atoms with E-state index in [0.717, 1.165) is 41.6 Å². The summed E-state index contributed by atoms with van der Waals surface area (Å²) in [7, 11) is 0. The Morgan fingerprint density at radius 2 is 2.05 bits per heavy atom. The molecule has 0 amide bonds. The molecule has 1 N–H and O–H groups in total.